The molecule has 4 rings (SSSR count). The first-order valence-corrected chi connectivity index (χ1v) is 10.9. The first-order valence-electron chi connectivity index (χ1n) is 9.14. The largest absolute Gasteiger partial charge is 0.144 e. The van der Waals surface area contributed by atoms with Gasteiger partial charge >= 0.3 is 0 Å². The van der Waals surface area contributed by atoms with Crippen LogP contribution in [0.25, 0.3) is 6.08 Å². The van der Waals surface area contributed by atoms with Crippen LogP contribution < -0.4 is 21.2 Å². The van der Waals surface area contributed by atoms with Crippen molar-refractivity contribution >= 4 is 34.6 Å². The second-order valence-corrected chi connectivity index (χ2v) is 9.88. The van der Waals surface area contributed by atoms with Gasteiger partial charge < -0.3 is 0 Å². The van der Waals surface area contributed by atoms with Gasteiger partial charge in [-0.3, -0.25) is 0 Å². The number of hydrogen-bond donors (Lipinski definition) is 0. The fraction of sp³-hybridized carbons (Fsp3) is 0. The highest BCUT2D eigenvalue weighted by Crippen LogP contribution is 2.54. The molecule has 1 heteroatoms. The van der Waals surface area contributed by atoms with E-state index in [-0.39, 0.29) is 0 Å². The standard InChI is InChI=1S/C26H22P/c1-2-22-18-20-26(21-19-22)27(23-12-6-3-7-13-23,24-14-8-4-9-15-24)25-16-10-5-11-17-25/h2-21H,1H2/q+1. The summed E-state index contributed by atoms with van der Waals surface area (Å²) in [6.45, 7) is 3.91. The highest BCUT2D eigenvalue weighted by Gasteiger charge is 2.47. The van der Waals surface area contributed by atoms with Gasteiger partial charge in [-0.05, 0) is 54.1 Å². The highest BCUT2D eigenvalue weighted by atomic mass is 31.2. The van der Waals surface area contributed by atoms with Crippen LogP contribution >= 0.6 is 7.26 Å². The van der Waals surface area contributed by atoms with Crippen LogP contribution in [-0.2, 0) is 0 Å². The predicted octanol–water partition coefficient (Wildman–Crippen LogP) is 4.95. The molecule has 0 unspecified atom stereocenters. The second-order valence-electron chi connectivity index (χ2n) is 6.47. The van der Waals surface area contributed by atoms with Crippen LogP contribution in [0.5, 0.6) is 0 Å². The molecule has 4 aromatic rings. The van der Waals surface area contributed by atoms with Crippen LogP contribution in [0, 0.1) is 0 Å². The van der Waals surface area contributed by atoms with E-state index < -0.39 is 7.26 Å². The van der Waals surface area contributed by atoms with Gasteiger partial charge in [-0.15, -0.1) is 0 Å². The minimum atomic E-state index is -1.97. The quantitative estimate of drug-likeness (QED) is 0.439. The van der Waals surface area contributed by atoms with Crippen molar-refractivity contribution in [1.29, 1.82) is 0 Å². The summed E-state index contributed by atoms with van der Waals surface area (Å²) in [4.78, 5) is 0. The summed E-state index contributed by atoms with van der Waals surface area (Å²) < 4.78 is 0. The smallest absolute Gasteiger partial charge is 0.0985 e. The van der Waals surface area contributed by atoms with E-state index in [9.17, 15) is 0 Å². The lowest BCUT2D eigenvalue weighted by Crippen LogP contribution is -2.38. The van der Waals surface area contributed by atoms with Gasteiger partial charge in [0, 0.05) is 0 Å². The van der Waals surface area contributed by atoms with E-state index in [2.05, 4.69) is 122 Å². The van der Waals surface area contributed by atoms with Crippen LogP contribution in [0.2, 0.25) is 0 Å². The molecule has 0 aromatic heterocycles. The predicted molar refractivity (Wildman–Crippen MR) is 121 cm³/mol. The molecule has 0 nitrogen and oxygen atoms in total. The molecule has 0 radical (unpaired) electrons. The molecule has 4 aromatic carbocycles. The van der Waals surface area contributed by atoms with Gasteiger partial charge in [0.25, 0.3) is 0 Å². The zero-order valence-corrected chi connectivity index (χ0v) is 16.1. The summed E-state index contributed by atoms with van der Waals surface area (Å²) >= 11 is 0. The maximum absolute atomic E-state index is 3.91. The molecule has 0 N–H and O–H groups in total. The molecular weight excluding hydrogens is 343 g/mol. The zero-order chi connectivity index (χ0) is 18.5. The Morgan fingerprint density at radius 1 is 0.444 bits per heavy atom. The minimum Gasteiger partial charge on any atom is -0.0985 e. The third-order valence-corrected chi connectivity index (χ3v) is 9.24. The summed E-state index contributed by atoms with van der Waals surface area (Å²) in [5.41, 5.74) is 1.14. The molecule has 0 aliphatic rings. The third kappa shape index (κ3) is 3.14. The molecular formula is C26H22P+. The van der Waals surface area contributed by atoms with E-state index in [0.717, 1.165) is 5.56 Å². The van der Waals surface area contributed by atoms with Crippen LogP contribution in [-0.4, -0.2) is 0 Å². The van der Waals surface area contributed by atoms with Crippen molar-refractivity contribution in [3.63, 3.8) is 0 Å². The summed E-state index contributed by atoms with van der Waals surface area (Å²) in [5.74, 6) is 0. The van der Waals surface area contributed by atoms with E-state index >= 15 is 0 Å². The maximum atomic E-state index is 3.91. The van der Waals surface area contributed by atoms with Crippen molar-refractivity contribution in [3.8, 4) is 0 Å². The Kier molecular flexibility index (Phi) is 5.01. The molecule has 0 saturated heterocycles. The molecule has 0 heterocycles. The summed E-state index contributed by atoms with van der Waals surface area (Å²) in [7, 11) is -1.97. The second kappa shape index (κ2) is 7.74. The van der Waals surface area contributed by atoms with E-state index in [1.54, 1.807) is 0 Å². The molecule has 0 amide bonds. The lowest BCUT2D eigenvalue weighted by atomic mass is 10.2. The monoisotopic (exact) mass is 365 g/mol. The Bertz CT molecular complexity index is 907. The van der Waals surface area contributed by atoms with Crippen LogP contribution in [0.1, 0.15) is 5.56 Å². The number of benzene rings is 4. The van der Waals surface area contributed by atoms with E-state index in [1.807, 2.05) is 6.08 Å². The minimum absolute atomic E-state index is 1.14. The van der Waals surface area contributed by atoms with E-state index in [4.69, 9.17) is 0 Å². The van der Waals surface area contributed by atoms with Gasteiger partial charge in [0.1, 0.15) is 28.5 Å². The molecule has 0 fully saturated rings. The molecule has 0 atom stereocenters. The molecule has 0 aliphatic carbocycles. The Hall–Kier alpha value is -2.95. The number of hydrogen-bond acceptors (Lipinski definition) is 0. The molecule has 0 spiro atoms. The normalized spacial score (nSPS) is 11.1. The van der Waals surface area contributed by atoms with Crippen molar-refractivity contribution in [2.75, 3.05) is 0 Å². The molecule has 130 valence electrons. The first-order chi connectivity index (χ1) is 13.4. The summed E-state index contributed by atoms with van der Waals surface area (Å²) in [5, 5.41) is 5.47. The molecule has 0 saturated carbocycles. The SMILES string of the molecule is C=Cc1ccc([P+](c2ccccc2)(c2ccccc2)c2ccccc2)cc1. The van der Waals surface area contributed by atoms with Crippen molar-refractivity contribution in [1.82, 2.24) is 0 Å². The van der Waals surface area contributed by atoms with E-state index in [0.29, 0.717) is 0 Å². The van der Waals surface area contributed by atoms with Crippen LogP contribution in [0.3, 0.4) is 0 Å². The van der Waals surface area contributed by atoms with Gasteiger partial charge in [0.05, 0.1) is 0 Å². The van der Waals surface area contributed by atoms with Gasteiger partial charge in [-0.2, -0.15) is 0 Å². The Morgan fingerprint density at radius 3 is 1.11 bits per heavy atom. The first kappa shape index (κ1) is 17.5. The lowest BCUT2D eigenvalue weighted by molar-refractivity contribution is 1.68. The fourth-order valence-corrected chi connectivity index (χ4v) is 7.93. The van der Waals surface area contributed by atoms with Crippen LogP contribution in [0.15, 0.2) is 122 Å². The third-order valence-electron chi connectivity index (χ3n) is 4.95. The van der Waals surface area contributed by atoms with Crippen molar-refractivity contribution in [2.45, 2.75) is 0 Å². The average molecular weight is 365 g/mol. The summed E-state index contributed by atoms with van der Waals surface area (Å²) in [6.07, 6.45) is 1.90. The topological polar surface area (TPSA) is 0 Å². The maximum Gasteiger partial charge on any atom is 0.144 e. The number of rotatable bonds is 5. The lowest BCUT2D eigenvalue weighted by Gasteiger charge is -2.27. The van der Waals surface area contributed by atoms with E-state index in [1.165, 1.54) is 21.2 Å². The van der Waals surface area contributed by atoms with Crippen molar-refractivity contribution < 1.29 is 0 Å². The average Bonchev–Trinajstić information content (AvgIpc) is 2.77. The van der Waals surface area contributed by atoms with Gasteiger partial charge in [0.15, 0.2) is 0 Å². The highest BCUT2D eigenvalue weighted by molar-refractivity contribution is 8.01. The molecule has 0 bridgehead atoms. The fourth-order valence-electron chi connectivity index (χ4n) is 3.68. The Labute approximate surface area is 162 Å². The van der Waals surface area contributed by atoms with Crippen molar-refractivity contribution in [2.24, 2.45) is 0 Å². The van der Waals surface area contributed by atoms with Gasteiger partial charge in [-0.25, -0.2) is 0 Å². The van der Waals surface area contributed by atoms with Crippen molar-refractivity contribution in [3.05, 3.63) is 127 Å². The van der Waals surface area contributed by atoms with Gasteiger partial charge in [0.2, 0.25) is 0 Å². The summed E-state index contributed by atoms with van der Waals surface area (Å²) in [6, 6.07) is 41.7. The zero-order valence-electron chi connectivity index (χ0n) is 15.2. The molecule has 0 aliphatic heterocycles. The Morgan fingerprint density at radius 2 is 0.778 bits per heavy atom. The molecule has 27 heavy (non-hydrogen) atoms. The van der Waals surface area contributed by atoms with Crippen LogP contribution in [0.4, 0.5) is 0 Å². The van der Waals surface area contributed by atoms with Gasteiger partial charge in [-0.1, -0.05) is 79.4 Å². The Balaban J connectivity index is 2.10.